The van der Waals surface area contributed by atoms with Gasteiger partial charge in [-0.2, -0.15) is 0 Å². The maximum Gasteiger partial charge on any atom is 0.290 e. The summed E-state index contributed by atoms with van der Waals surface area (Å²) in [7, 11) is 1.50. The lowest BCUT2D eigenvalue weighted by molar-refractivity contribution is -0.129. The average Bonchev–Trinajstić information content (AvgIpc) is 3.43. The molecule has 2 aliphatic heterocycles. The molecule has 1 N–H and O–H groups in total. The number of fused-ring (bicyclic) bond motifs is 1. The smallest absolute Gasteiger partial charge is 0.290 e. The fourth-order valence-corrected chi connectivity index (χ4v) is 4.62. The van der Waals surface area contributed by atoms with Gasteiger partial charge in [-0.05, 0) is 29.8 Å². The number of aliphatic hydroxyl groups is 1. The fraction of sp³-hybridized carbons (Fsp3) is 0.308. The van der Waals surface area contributed by atoms with Crippen LogP contribution >= 0.6 is 0 Å². The number of para-hydroxylation sites is 1. The number of furan rings is 1. The number of nitrogens with zero attached hydrogens (tertiary/aromatic N) is 2. The van der Waals surface area contributed by atoms with Crippen molar-refractivity contribution in [3.63, 3.8) is 0 Å². The second-order valence-electron chi connectivity index (χ2n) is 8.49. The quantitative estimate of drug-likeness (QED) is 0.518. The Labute approximate surface area is 201 Å². The van der Waals surface area contributed by atoms with Crippen molar-refractivity contribution in [1.82, 2.24) is 9.80 Å². The molecule has 1 saturated heterocycles. The van der Waals surface area contributed by atoms with Gasteiger partial charge in [0, 0.05) is 31.6 Å². The Morgan fingerprint density at radius 1 is 1.14 bits per heavy atom. The number of Topliss-reactive ketones (excluding diaryl/α,β-unsaturated/α-hetero) is 1. The summed E-state index contributed by atoms with van der Waals surface area (Å²) in [4.78, 5) is 30.4. The van der Waals surface area contributed by atoms with Crippen LogP contribution in [0, 0.1) is 5.82 Å². The van der Waals surface area contributed by atoms with E-state index in [0.717, 1.165) is 13.1 Å². The summed E-state index contributed by atoms with van der Waals surface area (Å²) in [5.41, 5.74) is 0.815. The fourth-order valence-electron chi connectivity index (χ4n) is 4.62. The lowest BCUT2D eigenvalue weighted by atomic mass is 9.95. The van der Waals surface area contributed by atoms with Crippen LogP contribution in [0.1, 0.15) is 22.2 Å². The molecule has 0 bridgehead atoms. The van der Waals surface area contributed by atoms with Crippen molar-refractivity contribution in [2.45, 2.75) is 6.04 Å². The minimum absolute atomic E-state index is 0.0269. The summed E-state index contributed by atoms with van der Waals surface area (Å²) in [6, 6.07) is 11.5. The topological polar surface area (TPSA) is 92.5 Å². The number of hydrogen-bond acceptors (Lipinski definition) is 7. The molecule has 1 aromatic heterocycles. The molecule has 35 heavy (non-hydrogen) atoms. The lowest BCUT2D eigenvalue weighted by Gasteiger charge is -2.31. The molecule has 0 unspecified atom stereocenters. The van der Waals surface area contributed by atoms with Crippen LogP contribution in [0.15, 0.2) is 64.3 Å². The zero-order chi connectivity index (χ0) is 24.5. The van der Waals surface area contributed by atoms with Gasteiger partial charge in [0.25, 0.3) is 5.91 Å². The molecule has 9 heteroatoms. The molecular formula is C26H25FN2O6. The number of carbonyl (C=O) groups is 2. The summed E-state index contributed by atoms with van der Waals surface area (Å²) in [6.45, 7) is 3.50. The van der Waals surface area contributed by atoms with Crippen LogP contribution in [-0.2, 0) is 9.53 Å². The molecule has 0 aliphatic carbocycles. The van der Waals surface area contributed by atoms with Crippen molar-refractivity contribution in [2.24, 2.45) is 0 Å². The molecule has 8 nitrogen and oxygen atoms in total. The first-order valence-corrected chi connectivity index (χ1v) is 11.4. The lowest BCUT2D eigenvalue weighted by Crippen LogP contribution is -2.43. The molecule has 1 atom stereocenters. The number of halogens is 1. The number of ether oxygens (including phenoxy) is 2. The normalized spacial score (nSPS) is 19.1. The van der Waals surface area contributed by atoms with Gasteiger partial charge in [0.15, 0.2) is 22.9 Å². The Morgan fingerprint density at radius 2 is 1.89 bits per heavy atom. The molecule has 1 amide bonds. The number of hydrogen-bond donors (Lipinski definition) is 1. The second kappa shape index (κ2) is 9.52. The van der Waals surface area contributed by atoms with E-state index >= 15 is 0 Å². The second-order valence-corrected chi connectivity index (χ2v) is 8.49. The van der Waals surface area contributed by atoms with Crippen molar-refractivity contribution >= 4 is 22.7 Å². The van der Waals surface area contributed by atoms with E-state index in [4.69, 9.17) is 13.9 Å². The SMILES string of the molecule is COc1cccc2cc(C(=O)C3=C(O)C(=O)N(CCN4CCOCC4)[C@@H]3c3ccc(F)cc3)oc12. The van der Waals surface area contributed by atoms with Crippen molar-refractivity contribution in [2.75, 3.05) is 46.5 Å². The highest BCUT2D eigenvalue weighted by Gasteiger charge is 2.44. The Kier molecular flexibility index (Phi) is 6.27. The van der Waals surface area contributed by atoms with Crippen LogP contribution < -0.4 is 4.74 Å². The summed E-state index contributed by atoms with van der Waals surface area (Å²) >= 11 is 0. The maximum absolute atomic E-state index is 13.7. The van der Waals surface area contributed by atoms with Crippen molar-refractivity contribution < 1.29 is 33.0 Å². The summed E-state index contributed by atoms with van der Waals surface area (Å²) in [6.07, 6.45) is 0. The zero-order valence-corrected chi connectivity index (χ0v) is 19.2. The Hall–Kier alpha value is -3.69. The van der Waals surface area contributed by atoms with E-state index in [1.807, 2.05) is 0 Å². The number of benzene rings is 2. The van der Waals surface area contributed by atoms with E-state index in [1.54, 1.807) is 24.3 Å². The highest BCUT2D eigenvalue weighted by molar-refractivity contribution is 6.16. The number of amides is 1. The van der Waals surface area contributed by atoms with Gasteiger partial charge >= 0.3 is 0 Å². The molecule has 0 spiro atoms. The van der Waals surface area contributed by atoms with Gasteiger partial charge < -0.3 is 23.9 Å². The van der Waals surface area contributed by atoms with E-state index in [-0.39, 0.29) is 17.9 Å². The summed E-state index contributed by atoms with van der Waals surface area (Å²) < 4.78 is 30.2. The predicted octanol–water partition coefficient (Wildman–Crippen LogP) is 3.49. The van der Waals surface area contributed by atoms with Crippen LogP contribution in [0.3, 0.4) is 0 Å². The van der Waals surface area contributed by atoms with Crippen LogP contribution in [-0.4, -0.2) is 73.1 Å². The van der Waals surface area contributed by atoms with Gasteiger partial charge in [0.2, 0.25) is 5.78 Å². The first-order valence-electron chi connectivity index (χ1n) is 11.4. The number of ketones is 1. The maximum atomic E-state index is 13.7. The number of rotatable bonds is 7. The van der Waals surface area contributed by atoms with Crippen molar-refractivity contribution in [3.05, 3.63) is 77.0 Å². The van der Waals surface area contributed by atoms with E-state index in [2.05, 4.69) is 4.90 Å². The van der Waals surface area contributed by atoms with Crippen LogP contribution in [0.4, 0.5) is 4.39 Å². The standard InChI is InChI=1S/C26H25FN2O6/c1-33-19-4-2-3-17-15-20(35-25(17)19)23(30)21-22(16-5-7-18(27)8-6-16)29(26(32)24(21)31)10-9-28-11-13-34-14-12-28/h2-8,15,22,31H,9-14H2,1H3/t22-/m1/s1. The van der Waals surface area contributed by atoms with Crippen LogP contribution in [0.5, 0.6) is 5.75 Å². The molecule has 1 fully saturated rings. The van der Waals surface area contributed by atoms with E-state index in [9.17, 15) is 19.1 Å². The number of carbonyl (C=O) groups excluding carboxylic acids is 2. The molecule has 5 rings (SSSR count). The molecule has 2 aromatic carbocycles. The van der Waals surface area contributed by atoms with Gasteiger partial charge in [-0.3, -0.25) is 14.5 Å². The molecule has 3 aromatic rings. The van der Waals surface area contributed by atoms with E-state index in [0.29, 0.717) is 42.0 Å². The van der Waals surface area contributed by atoms with Gasteiger partial charge in [0.1, 0.15) is 5.82 Å². The molecule has 182 valence electrons. The predicted molar refractivity (Wildman–Crippen MR) is 125 cm³/mol. The van der Waals surface area contributed by atoms with Crippen molar-refractivity contribution in [3.8, 4) is 5.75 Å². The molecule has 2 aliphatic rings. The third-order valence-electron chi connectivity index (χ3n) is 6.45. The monoisotopic (exact) mass is 480 g/mol. The number of methoxy groups -OCH3 is 1. The zero-order valence-electron chi connectivity index (χ0n) is 19.2. The third kappa shape index (κ3) is 4.28. The minimum Gasteiger partial charge on any atom is -0.503 e. The minimum atomic E-state index is -0.883. The van der Waals surface area contributed by atoms with Gasteiger partial charge in [0.05, 0.1) is 31.9 Å². The molecule has 3 heterocycles. The van der Waals surface area contributed by atoms with Gasteiger partial charge in [-0.15, -0.1) is 0 Å². The summed E-state index contributed by atoms with van der Waals surface area (Å²) in [5, 5.41) is 11.5. The Morgan fingerprint density at radius 3 is 2.60 bits per heavy atom. The molecular weight excluding hydrogens is 455 g/mol. The van der Waals surface area contributed by atoms with E-state index in [1.165, 1.54) is 36.3 Å². The Balaban J connectivity index is 1.51. The third-order valence-corrected chi connectivity index (χ3v) is 6.45. The molecule has 0 radical (unpaired) electrons. The van der Waals surface area contributed by atoms with Gasteiger partial charge in [-0.25, -0.2) is 4.39 Å². The largest absolute Gasteiger partial charge is 0.503 e. The number of morpholine rings is 1. The first kappa shape index (κ1) is 23.1. The first-order chi connectivity index (χ1) is 17.0. The summed E-state index contributed by atoms with van der Waals surface area (Å²) in [5.74, 6) is -1.89. The highest BCUT2D eigenvalue weighted by atomic mass is 19.1. The number of aliphatic hydroxyl groups excluding tert-OH is 1. The van der Waals surface area contributed by atoms with Crippen LogP contribution in [0.25, 0.3) is 11.0 Å². The van der Waals surface area contributed by atoms with Crippen molar-refractivity contribution in [1.29, 1.82) is 0 Å². The molecule has 0 saturated carbocycles. The highest BCUT2D eigenvalue weighted by Crippen LogP contribution is 2.40. The Bertz CT molecular complexity index is 1290. The van der Waals surface area contributed by atoms with Crippen LogP contribution in [0.2, 0.25) is 0 Å². The average molecular weight is 480 g/mol. The van der Waals surface area contributed by atoms with E-state index < -0.39 is 29.3 Å². The van der Waals surface area contributed by atoms with Gasteiger partial charge in [-0.1, -0.05) is 24.3 Å².